The predicted octanol–water partition coefficient (Wildman–Crippen LogP) is 2.56. The highest BCUT2D eigenvalue weighted by Crippen LogP contribution is 2.21. The highest BCUT2D eigenvalue weighted by atomic mass is 16.6. The van der Waals surface area contributed by atoms with Crippen LogP contribution in [0.1, 0.15) is 32.9 Å². The number of hydrogen-bond donors (Lipinski definition) is 2. The summed E-state index contributed by atoms with van der Waals surface area (Å²) < 4.78 is 5.42. The van der Waals surface area contributed by atoms with E-state index in [9.17, 15) is 9.59 Å². The summed E-state index contributed by atoms with van der Waals surface area (Å²) in [4.78, 5) is 37.0. The first-order valence-corrected chi connectivity index (χ1v) is 8.98. The number of rotatable bonds is 3. The van der Waals surface area contributed by atoms with Gasteiger partial charge in [0.1, 0.15) is 17.2 Å². The number of carbonyl (C=O) groups is 1. The van der Waals surface area contributed by atoms with Gasteiger partial charge in [-0.3, -0.25) is 4.79 Å². The number of aryl methyl sites for hydroxylation is 1. The van der Waals surface area contributed by atoms with Gasteiger partial charge in [0.2, 0.25) is 0 Å². The van der Waals surface area contributed by atoms with Crippen LogP contribution in [0.2, 0.25) is 0 Å². The lowest BCUT2D eigenvalue weighted by Crippen LogP contribution is -2.36. The molecule has 0 saturated carbocycles. The van der Waals surface area contributed by atoms with Gasteiger partial charge in [-0.2, -0.15) is 0 Å². The number of ether oxygens (including phenoxy) is 1. The molecule has 1 amide bonds. The molecule has 0 aliphatic carbocycles. The molecule has 1 aliphatic rings. The largest absolute Gasteiger partial charge is 0.444 e. The van der Waals surface area contributed by atoms with Gasteiger partial charge in [0, 0.05) is 42.7 Å². The third-order valence-corrected chi connectivity index (χ3v) is 4.10. The van der Waals surface area contributed by atoms with Gasteiger partial charge in [0.05, 0.1) is 0 Å². The number of nitrogens with one attached hydrogen (secondary N) is 2. The molecule has 0 radical (unpaired) electrons. The zero-order valence-corrected chi connectivity index (χ0v) is 16.1. The minimum atomic E-state index is -0.504. The van der Waals surface area contributed by atoms with E-state index in [1.807, 2.05) is 26.8 Å². The number of carbonyl (C=O) groups excluding carboxylic acids is 1. The number of aromatic nitrogens is 3. The first kappa shape index (κ1) is 18.9. The van der Waals surface area contributed by atoms with Crippen LogP contribution in [0.15, 0.2) is 29.2 Å². The number of pyridine rings is 1. The molecule has 0 spiro atoms. The van der Waals surface area contributed by atoms with Crippen molar-refractivity contribution in [2.75, 3.05) is 18.4 Å². The van der Waals surface area contributed by atoms with E-state index < -0.39 is 5.60 Å². The van der Waals surface area contributed by atoms with E-state index in [2.05, 4.69) is 20.3 Å². The molecule has 2 aromatic heterocycles. The molecule has 3 rings (SSSR count). The molecule has 144 valence electrons. The van der Waals surface area contributed by atoms with Crippen molar-refractivity contribution in [3.8, 4) is 11.4 Å². The average Bonchev–Trinajstić information content (AvgIpc) is 3.01. The quantitative estimate of drug-likeness (QED) is 0.860. The van der Waals surface area contributed by atoms with Crippen molar-refractivity contribution in [1.29, 1.82) is 0 Å². The number of likely N-dealkylation sites (tertiary alicyclic amines) is 1. The molecule has 1 atom stereocenters. The lowest BCUT2D eigenvalue weighted by atomic mass is 10.2. The van der Waals surface area contributed by atoms with Gasteiger partial charge in [-0.15, -0.1) is 0 Å². The minimum absolute atomic E-state index is 0.0878. The number of amides is 1. The predicted molar refractivity (Wildman–Crippen MR) is 103 cm³/mol. The average molecular weight is 371 g/mol. The van der Waals surface area contributed by atoms with E-state index in [0.29, 0.717) is 30.4 Å². The van der Waals surface area contributed by atoms with Crippen LogP contribution < -0.4 is 10.9 Å². The third-order valence-electron chi connectivity index (χ3n) is 4.10. The van der Waals surface area contributed by atoms with Gasteiger partial charge in [-0.05, 0) is 46.2 Å². The van der Waals surface area contributed by atoms with Crippen LogP contribution in [0.3, 0.4) is 0 Å². The SMILES string of the molecule is Cc1cc(=O)[nH]c(-c2ccnc(NC3CCN(C(=O)OC(C)(C)C)C3)c2)n1. The molecule has 0 bridgehead atoms. The Bertz CT molecular complexity index is 887. The van der Waals surface area contributed by atoms with Crippen molar-refractivity contribution in [3.63, 3.8) is 0 Å². The van der Waals surface area contributed by atoms with E-state index in [-0.39, 0.29) is 17.7 Å². The van der Waals surface area contributed by atoms with E-state index in [0.717, 1.165) is 12.0 Å². The fourth-order valence-corrected chi connectivity index (χ4v) is 2.95. The van der Waals surface area contributed by atoms with Crippen LogP contribution >= 0.6 is 0 Å². The van der Waals surface area contributed by atoms with Crippen LogP contribution in [-0.4, -0.2) is 50.7 Å². The molecule has 8 heteroatoms. The third kappa shape index (κ3) is 5.06. The molecule has 27 heavy (non-hydrogen) atoms. The Labute approximate surface area is 158 Å². The van der Waals surface area contributed by atoms with Crippen molar-refractivity contribution in [2.45, 2.75) is 45.8 Å². The highest BCUT2D eigenvalue weighted by molar-refractivity contribution is 5.68. The second kappa shape index (κ2) is 7.38. The number of hydrogen-bond acceptors (Lipinski definition) is 6. The van der Waals surface area contributed by atoms with E-state index >= 15 is 0 Å². The standard InChI is InChI=1S/C19H25N5O3/c1-12-9-16(25)23-17(21-12)13-5-7-20-15(10-13)22-14-6-8-24(11-14)18(26)27-19(2,3)4/h5,7,9-10,14H,6,8,11H2,1-4H3,(H,20,22)(H,21,23,25). The number of nitrogens with zero attached hydrogens (tertiary/aromatic N) is 3. The van der Waals surface area contributed by atoms with Gasteiger partial charge in [0.15, 0.2) is 0 Å². The Hall–Kier alpha value is -2.90. The first-order valence-electron chi connectivity index (χ1n) is 8.98. The van der Waals surface area contributed by atoms with Crippen LogP contribution in [-0.2, 0) is 4.74 Å². The van der Waals surface area contributed by atoms with Crippen molar-refractivity contribution in [2.24, 2.45) is 0 Å². The highest BCUT2D eigenvalue weighted by Gasteiger charge is 2.29. The van der Waals surface area contributed by atoms with Gasteiger partial charge < -0.3 is 19.9 Å². The smallest absolute Gasteiger partial charge is 0.410 e. The lowest BCUT2D eigenvalue weighted by molar-refractivity contribution is 0.0293. The Morgan fingerprint density at radius 3 is 2.85 bits per heavy atom. The molecule has 8 nitrogen and oxygen atoms in total. The second-order valence-corrected chi connectivity index (χ2v) is 7.72. The summed E-state index contributed by atoms with van der Waals surface area (Å²) in [6.07, 6.45) is 2.18. The summed E-state index contributed by atoms with van der Waals surface area (Å²) in [7, 11) is 0. The second-order valence-electron chi connectivity index (χ2n) is 7.72. The maximum absolute atomic E-state index is 12.2. The Kier molecular flexibility index (Phi) is 5.16. The van der Waals surface area contributed by atoms with Crippen LogP contribution in [0.5, 0.6) is 0 Å². The lowest BCUT2D eigenvalue weighted by Gasteiger charge is -2.24. The summed E-state index contributed by atoms with van der Waals surface area (Å²) >= 11 is 0. The topological polar surface area (TPSA) is 100 Å². The first-order chi connectivity index (χ1) is 12.7. The molecular formula is C19H25N5O3. The maximum Gasteiger partial charge on any atom is 0.410 e. The Balaban J connectivity index is 1.67. The molecule has 3 heterocycles. The molecular weight excluding hydrogens is 346 g/mol. The molecule has 2 N–H and O–H groups in total. The summed E-state index contributed by atoms with van der Waals surface area (Å²) in [6.45, 7) is 8.55. The monoisotopic (exact) mass is 371 g/mol. The van der Waals surface area contributed by atoms with Crippen molar-refractivity contribution in [1.82, 2.24) is 19.9 Å². The van der Waals surface area contributed by atoms with Crippen molar-refractivity contribution >= 4 is 11.9 Å². The molecule has 1 aliphatic heterocycles. The fraction of sp³-hybridized carbons (Fsp3) is 0.474. The number of anilines is 1. The molecule has 1 saturated heterocycles. The number of aromatic amines is 1. The van der Waals surface area contributed by atoms with E-state index in [1.54, 1.807) is 24.1 Å². The normalized spacial score (nSPS) is 17.0. The number of H-pyrrole nitrogens is 1. The summed E-state index contributed by atoms with van der Waals surface area (Å²) in [6, 6.07) is 5.18. The Morgan fingerprint density at radius 1 is 1.37 bits per heavy atom. The maximum atomic E-state index is 12.2. The van der Waals surface area contributed by atoms with Gasteiger partial charge >= 0.3 is 6.09 Å². The van der Waals surface area contributed by atoms with Crippen LogP contribution in [0, 0.1) is 6.92 Å². The van der Waals surface area contributed by atoms with Crippen LogP contribution in [0.4, 0.5) is 10.6 Å². The van der Waals surface area contributed by atoms with Gasteiger partial charge in [0.25, 0.3) is 5.56 Å². The Morgan fingerprint density at radius 2 is 2.15 bits per heavy atom. The van der Waals surface area contributed by atoms with Gasteiger partial charge in [-0.1, -0.05) is 0 Å². The van der Waals surface area contributed by atoms with Gasteiger partial charge in [-0.25, -0.2) is 14.8 Å². The molecule has 1 unspecified atom stereocenters. The zero-order chi connectivity index (χ0) is 19.6. The molecule has 0 aromatic carbocycles. The van der Waals surface area contributed by atoms with Crippen molar-refractivity contribution < 1.29 is 9.53 Å². The summed E-state index contributed by atoms with van der Waals surface area (Å²) in [5, 5.41) is 3.35. The minimum Gasteiger partial charge on any atom is -0.444 e. The molecule has 1 fully saturated rings. The van der Waals surface area contributed by atoms with Crippen LogP contribution in [0.25, 0.3) is 11.4 Å². The van der Waals surface area contributed by atoms with E-state index in [1.165, 1.54) is 6.07 Å². The molecule has 2 aromatic rings. The van der Waals surface area contributed by atoms with E-state index in [4.69, 9.17) is 4.74 Å². The zero-order valence-electron chi connectivity index (χ0n) is 16.1. The fourth-order valence-electron chi connectivity index (χ4n) is 2.95. The summed E-state index contributed by atoms with van der Waals surface area (Å²) in [5.41, 5.74) is 0.739. The summed E-state index contributed by atoms with van der Waals surface area (Å²) in [5.74, 6) is 1.18. The van der Waals surface area contributed by atoms with Crippen molar-refractivity contribution in [3.05, 3.63) is 40.4 Å².